The van der Waals surface area contributed by atoms with Crippen molar-refractivity contribution in [2.45, 2.75) is 51.6 Å². The van der Waals surface area contributed by atoms with Crippen molar-refractivity contribution < 1.29 is 4.79 Å². The highest BCUT2D eigenvalue weighted by atomic mass is 35.5. The van der Waals surface area contributed by atoms with Crippen LogP contribution in [0.4, 0.5) is 0 Å². The molecule has 2 aromatic heterocycles. The quantitative estimate of drug-likeness (QED) is 0.236. The molecule has 0 spiro atoms. The maximum atomic E-state index is 13.2. The first-order chi connectivity index (χ1) is 17.5. The second kappa shape index (κ2) is 11.9. The maximum absolute atomic E-state index is 13.2. The van der Waals surface area contributed by atoms with Crippen LogP contribution in [0.15, 0.2) is 70.3 Å². The van der Waals surface area contributed by atoms with Gasteiger partial charge in [-0.3, -0.25) is 18.7 Å². The Kier molecular flexibility index (Phi) is 8.38. The molecule has 0 saturated heterocycles. The van der Waals surface area contributed by atoms with Crippen LogP contribution in [0.25, 0.3) is 11.2 Å². The summed E-state index contributed by atoms with van der Waals surface area (Å²) in [6.07, 6.45) is 3.18. The molecule has 0 aliphatic rings. The van der Waals surface area contributed by atoms with Gasteiger partial charge >= 0.3 is 5.69 Å². The van der Waals surface area contributed by atoms with Crippen LogP contribution in [0.5, 0.6) is 0 Å². The second-order valence-corrected chi connectivity index (χ2v) is 9.08. The average molecular weight is 508 g/mol. The summed E-state index contributed by atoms with van der Waals surface area (Å²) < 4.78 is 2.70. The van der Waals surface area contributed by atoms with Gasteiger partial charge in [0.15, 0.2) is 11.2 Å². The number of H-pyrrole nitrogens is 1. The maximum Gasteiger partial charge on any atom is 0.332 e. The molecule has 0 radical (unpaired) electrons. The largest absolute Gasteiger partial charge is 0.355 e. The Balaban J connectivity index is 1.49. The average Bonchev–Trinajstić information content (AvgIpc) is 3.28. The van der Waals surface area contributed by atoms with Crippen molar-refractivity contribution >= 4 is 28.7 Å². The number of fused-ring (bicyclic) bond motifs is 1. The van der Waals surface area contributed by atoms with E-state index in [0.717, 1.165) is 30.4 Å². The Bertz CT molecular complexity index is 1390. The highest BCUT2D eigenvalue weighted by Crippen LogP contribution is 2.24. The van der Waals surface area contributed by atoms with E-state index in [0.29, 0.717) is 19.5 Å². The summed E-state index contributed by atoms with van der Waals surface area (Å²) >= 11 is 6.01. The third-order valence-electron chi connectivity index (χ3n) is 6.20. The van der Waals surface area contributed by atoms with Crippen molar-refractivity contribution in [2.75, 3.05) is 6.54 Å². The zero-order valence-electron chi connectivity index (χ0n) is 20.2. The molecular weight excluding hydrogens is 478 g/mol. The Morgan fingerprint density at radius 3 is 2.17 bits per heavy atom. The van der Waals surface area contributed by atoms with Crippen molar-refractivity contribution in [3.63, 3.8) is 0 Å². The first-order valence-electron chi connectivity index (χ1n) is 12.3. The van der Waals surface area contributed by atoms with Crippen LogP contribution in [0.2, 0.25) is 5.28 Å². The minimum atomic E-state index is -0.459. The van der Waals surface area contributed by atoms with Gasteiger partial charge in [-0.15, -0.1) is 0 Å². The van der Waals surface area contributed by atoms with Gasteiger partial charge in [-0.1, -0.05) is 80.4 Å². The van der Waals surface area contributed by atoms with Gasteiger partial charge in [0.25, 0.3) is 5.56 Å². The fourth-order valence-corrected chi connectivity index (χ4v) is 4.57. The van der Waals surface area contributed by atoms with E-state index in [4.69, 9.17) is 11.6 Å². The van der Waals surface area contributed by atoms with Crippen LogP contribution in [0.1, 0.15) is 49.7 Å². The summed E-state index contributed by atoms with van der Waals surface area (Å²) in [7, 11) is 0. The number of aryl methyl sites for hydroxylation is 1. The van der Waals surface area contributed by atoms with Gasteiger partial charge < -0.3 is 10.3 Å². The highest BCUT2D eigenvalue weighted by molar-refractivity contribution is 6.29. The number of carbonyl (C=O) groups excluding carboxylic acids is 1. The molecule has 2 N–H and O–H groups in total. The second-order valence-electron chi connectivity index (χ2n) is 8.72. The lowest BCUT2D eigenvalue weighted by Gasteiger charge is -2.18. The van der Waals surface area contributed by atoms with E-state index in [-0.39, 0.29) is 28.9 Å². The molecule has 4 aromatic rings. The lowest BCUT2D eigenvalue weighted by atomic mass is 9.90. The zero-order chi connectivity index (χ0) is 25.5. The number of halogens is 1. The molecule has 0 aliphatic heterocycles. The molecule has 0 aliphatic carbocycles. The van der Waals surface area contributed by atoms with E-state index in [1.165, 1.54) is 9.13 Å². The van der Waals surface area contributed by atoms with Gasteiger partial charge in [0.2, 0.25) is 11.2 Å². The summed E-state index contributed by atoms with van der Waals surface area (Å²) in [6.45, 7) is 3.02. The molecule has 9 heteroatoms. The predicted octanol–water partition coefficient (Wildman–Crippen LogP) is 4.07. The van der Waals surface area contributed by atoms with Gasteiger partial charge in [-0.25, -0.2) is 4.79 Å². The number of nitrogens with one attached hydrogen (secondary N) is 2. The molecule has 2 aromatic carbocycles. The van der Waals surface area contributed by atoms with Crippen molar-refractivity contribution in [3.8, 4) is 0 Å². The van der Waals surface area contributed by atoms with Crippen molar-refractivity contribution in [1.82, 2.24) is 24.4 Å². The number of rotatable bonds is 11. The molecule has 0 unspecified atom stereocenters. The van der Waals surface area contributed by atoms with E-state index in [2.05, 4.69) is 22.2 Å². The van der Waals surface area contributed by atoms with E-state index in [1.807, 2.05) is 60.7 Å². The fraction of sp³-hybridized carbons (Fsp3) is 0.333. The van der Waals surface area contributed by atoms with Crippen LogP contribution in [-0.4, -0.2) is 31.6 Å². The number of amides is 1. The van der Waals surface area contributed by atoms with Crippen LogP contribution in [-0.2, 0) is 17.9 Å². The Morgan fingerprint density at radius 1 is 0.944 bits per heavy atom. The molecule has 36 heavy (non-hydrogen) atoms. The monoisotopic (exact) mass is 507 g/mol. The first-order valence-corrected chi connectivity index (χ1v) is 12.7. The standard InChI is InChI=1S/C27H30ClN5O3/c1-2-3-10-17-32-23-22(30-26(28)31-23)25(35)33(27(32)36)18-11-16-29-24(34)21(19-12-6-4-7-13-19)20-14-8-5-9-15-20/h4-9,12-15,21H,2-3,10-11,16-18H2,1H3,(H,29,34)(H,30,31). The van der Waals surface area contributed by atoms with Crippen LogP contribution in [0.3, 0.4) is 0 Å². The third-order valence-corrected chi connectivity index (χ3v) is 6.38. The van der Waals surface area contributed by atoms with Gasteiger partial charge in [-0.05, 0) is 35.6 Å². The van der Waals surface area contributed by atoms with Crippen molar-refractivity contribution in [3.05, 3.63) is 97.9 Å². The number of hydrogen-bond acceptors (Lipinski definition) is 4. The zero-order valence-corrected chi connectivity index (χ0v) is 21.0. The fourth-order valence-electron chi connectivity index (χ4n) is 4.39. The van der Waals surface area contributed by atoms with Gasteiger partial charge in [0.05, 0.1) is 5.92 Å². The van der Waals surface area contributed by atoms with Gasteiger partial charge in [-0.2, -0.15) is 4.98 Å². The van der Waals surface area contributed by atoms with Gasteiger partial charge in [0, 0.05) is 19.6 Å². The molecule has 0 atom stereocenters. The number of aromatic nitrogens is 4. The molecule has 0 bridgehead atoms. The molecule has 0 saturated carbocycles. The molecule has 4 rings (SSSR count). The number of hydrogen-bond donors (Lipinski definition) is 2. The number of aromatic amines is 1. The van der Waals surface area contributed by atoms with Crippen LogP contribution < -0.4 is 16.6 Å². The first kappa shape index (κ1) is 25.4. The summed E-state index contributed by atoms with van der Waals surface area (Å²) in [4.78, 5) is 46.3. The topological polar surface area (TPSA) is 102 Å². The highest BCUT2D eigenvalue weighted by Gasteiger charge is 2.22. The number of nitrogens with zero attached hydrogens (tertiary/aromatic N) is 3. The lowest BCUT2D eigenvalue weighted by Crippen LogP contribution is -2.41. The Morgan fingerprint density at radius 2 is 1.56 bits per heavy atom. The van der Waals surface area contributed by atoms with Gasteiger partial charge in [0.1, 0.15) is 0 Å². The van der Waals surface area contributed by atoms with E-state index in [9.17, 15) is 14.4 Å². The molecule has 8 nitrogen and oxygen atoms in total. The summed E-state index contributed by atoms with van der Waals surface area (Å²) in [5, 5.41) is 3.06. The van der Waals surface area contributed by atoms with E-state index < -0.39 is 17.2 Å². The van der Waals surface area contributed by atoms with E-state index >= 15 is 0 Å². The van der Waals surface area contributed by atoms with Crippen molar-refractivity contribution in [2.24, 2.45) is 0 Å². The van der Waals surface area contributed by atoms with E-state index in [1.54, 1.807) is 0 Å². The molecule has 2 heterocycles. The molecular formula is C27H30ClN5O3. The lowest BCUT2D eigenvalue weighted by molar-refractivity contribution is -0.121. The van der Waals surface area contributed by atoms with Crippen molar-refractivity contribution in [1.29, 1.82) is 0 Å². The summed E-state index contributed by atoms with van der Waals surface area (Å²) in [6, 6.07) is 19.2. The summed E-state index contributed by atoms with van der Waals surface area (Å²) in [5.41, 5.74) is 1.42. The number of benzene rings is 2. The Labute approximate surface area is 214 Å². The predicted molar refractivity (Wildman–Crippen MR) is 142 cm³/mol. The third kappa shape index (κ3) is 5.60. The van der Waals surface area contributed by atoms with Crippen LogP contribution in [0, 0.1) is 0 Å². The molecule has 1 amide bonds. The molecule has 0 fully saturated rings. The SMILES string of the molecule is CCCCCn1c(=O)n(CCCNC(=O)C(c2ccccc2)c2ccccc2)c(=O)c2[nH]c(Cl)nc21. The smallest absolute Gasteiger partial charge is 0.332 e. The number of unbranched alkanes of at least 4 members (excludes halogenated alkanes) is 2. The molecule has 188 valence electrons. The minimum Gasteiger partial charge on any atom is -0.355 e. The normalized spacial score (nSPS) is 11.3. The Hall–Kier alpha value is -3.65. The number of imidazole rings is 1. The summed E-state index contributed by atoms with van der Waals surface area (Å²) in [5.74, 6) is -0.582. The minimum absolute atomic E-state index is 0.0728. The van der Waals surface area contributed by atoms with Crippen LogP contribution >= 0.6 is 11.6 Å². The number of carbonyl (C=O) groups is 1.